The molecule has 0 bridgehead atoms. The number of rotatable bonds is 70. The van der Waals surface area contributed by atoms with Gasteiger partial charge >= 0.3 is 5.97 Å². The van der Waals surface area contributed by atoms with Crippen LogP contribution in [0.1, 0.15) is 380 Å². The van der Waals surface area contributed by atoms with Gasteiger partial charge in [0.15, 0.2) is 0 Å². The van der Waals surface area contributed by atoms with Crippen LogP contribution in [0.2, 0.25) is 0 Å². The Kier molecular flexibility index (Phi) is 65.3. The number of ether oxygens (including phenoxy) is 1. The van der Waals surface area contributed by atoms with Crippen LogP contribution in [0.15, 0.2) is 48.6 Å². The number of phosphoric acid groups is 1. The van der Waals surface area contributed by atoms with Gasteiger partial charge in [-0.1, -0.05) is 327 Å². The summed E-state index contributed by atoms with van der Waals surface area (Å²) in [6.07, 6.45) is 85.3. The van der Waals surface area contributed by atoms with Crippen molar-refractivity contribution in [1.29, 1.82) is 0 Å². The molecule has 0 aromatic rings. The Labute approximate surface area is 541 Å². The molecule has 512 valence electrons. The fraction of sp³-hybridized carbons (Fsp3) is 0.870. The molecular weight excluding hydrogens is 1100 g/mol. The van der Waals surface area contributed by atoms with Gasteiger partial charge in [-0.15, -0.1) is 0 Å². The first-order chi connectivity index (χ1) is 42.4. The fourth-order valence-electron chi connectivity index (χ4n) is 11.4. The molecule has 0 aromatic heterocycles. The summed E-state index contributed by atoms with van der Waals surface area (Å²) in [4.78, 5) is 40.3. The Hall–Kier alpha value is -2.03. The number of phosphoric ester groups is 1. The first-order valence-corrected chi connectivity index (χ1v) is 39.4. The van der Waals surface area contributed by atoms with E-state index in [1.54, 1.807) is 0 Å². The van der Waals surface area contributed by atoms with Crippen molar-refractivity contribution in [3.05, 3.63) is 48.6 Å². The molecule has 0 aliphatic carbocycles. The van der Waals surface area contributed by atoms with E-state index in [1.807, 2.05) is 33.3 Å². The summed E-state index contributed by atoms with van der Waals surface area (Å²) in [5, 5.41) is 3.06. The highest BCUT2D eigenvalue weighted by Crippen LogP contribution is 2.38. The standard InChI is InChI=1S/C77H147N2O7P/c1-7-10-13-16-19-22-25-28-30-32-34-36-37-38-39-40-41-43-44-46-48-51-54-57-60-63-66-69-76(80)78-74(73-85-87(82,83)84-72-71-79(4,5)6)75(68-65-62-59-56-53-50-27-24-21-18-15-12-9-3)86-77(81)70-67-64-61-58-55-52-49-47-45-42-35-33-31-29-26-23-20-17-14-11-8-2/h19,22,28-31,65,68,74-75H,7-18,20-21,23-27,32-64,66-67,69-73H2,1-6H3,(H-,78,80,82,83)/b22-19-,30-28-,31-29+,68-65-. The van der Waals surface area contributed by atoms with E-state index in [9.17, 15) is 19.0 Å². The predicted molar refractivity (Wildman–Crippen MR) is 376 cm³/mol. The summed E-state index contributed by atoms with van der Waals surface area (Å²) in [6.45, 7) is 6.88. The van der Waals surface area contributed by atoms with Crippen LogP contribution in [0.4, 0.5) is 0 Å². The first kappa shape index (κ1) is 85.0. The molecule has 0 saturated carbocycles. The molecule has 3 atom stereocenters. The number of carbonyl (C=O) groups excluding carboxylic acids is 2. The van der Waals surface area contributed by atoms with E-state index < -0.39 is 20.0 Å². The molecule has 0 aromatic carbocycles. The molecule has 0 radical (unpaired) electrons. The topological polar surface area (TPSA) is 114 Å². The maximum absolute atomic E-state index is 13.6. The number of carbonyl (C=O) groups is 2. The lowest BCUT2D eigenvalue weighted by molar-refractivity contribution is -0.870. The zero-order chi connectivity index (χ0) is 63.5. The van der Waals surface area contributed by atoms with Gasteiger partial charge in [0.25, 0.3) is 7.82 Å². The summed E-state index contributed by atoms with van der Waals surface area (Å²) in [7, 11) is 1.20. The molecule has 0 saturated heterocycles. The van der Waals surface area contributed by atoms with Gasteiger partial charge in [0, 0.05) is 12.8 Å². The van der Waals surface area contributed by atoms with Crippen LogP contribution < -0.4 is 10.2 Å². The van der Waals surface area contributed by atoms with Crippen LogP contribution in [-0.2, 0) is 27.9 Å². The minimum atomic E-state index is -4.71. The number of amides is 1. The molecule has 0 rings (SSSR count). The predicted octanol–water partition coefficient (Wildman–Crippen LogP) is 23.7. The lowest BCUT2D eigenvalue weighted by atomic mass is 10.0. The van der Waals surface area contributed by atoms with Crippen LogP contribution >= 0.6 is 7.82 Å². The first-order valence-electron chi connectivity index (χ1n) is 37.9. The Bertz CT molecular complexity index is 1620. The minimum Gasteiger partial charge on any atom is -0.756 e. The van der Waals surface area contributed by atoms with E-state index in [4.69, 9.17) is 13.8 Å². The smallest absolute Gasteiger partial charge is 0.306 e. The summed E-state index contributed by atoms with van der Waals surface area (Å²) in [5.41, 5.74) is 0. The quantitative estimate of drug-likeness (QED) is 0.0212. The molecule has 1 N–H and O–H groups in total. The normalized spacial score (nSPS) is 13.7. The zero-order valence-corrected chi connectivity index (χ0v) is 59.6. The van der Waals surface area contributed by atoms with Crippen LogP contribution in [-0.4, -0.2) is 69.4 Å². The number of hydrogen-bond acceptors (Lipinski definition) is 7. The lowest BCUT2D eigenvalue weighted by Gasteiger charge is -2.30. The monoisotopic (exact) mass is 1240 g/mol. The summed E-state index contributed by atoms with van der Waals surface area (Å²) >= 11 is 0. The summed E-state index contributed by atoms with van der Waals surface area (Å²) in [6, 6.07) is -0.888. The molecule has 9 nitrogen and oxygen atoms in total. The van der Waals surface area contributed by atoms with Crippen molar-refractivity contribution in [1.82, 2.24) is 5.32 Å². The van der Waals surface area contributed by atoms with E-state index in [1.165, 1.54) is 283 Å². The summed E-state index contributed by atoms with van der Waals surface area (Å²) in [5.74, 6) is -0.522. The SMILES string of the molecule is CCCCC/C=C\C/C=C\CCCCCCCCCCCCCCCCCCCC(=O)NC(COP(=O)([O-])OCC[N+](C)(C)C)C(/C=C\CCCCCCCCCCCCC)OC(=O)CCCCCCCCCCCCC/C=C/CCCCCCCC. The number of unbranched alkanes of at least 4 members (excludes halogenated alkanes) is 48. The highest BCUT2D eigenvalue weighted by molar-refractivity contribution is 7.45. The van der Waals surface area contributed by atoms with Crippen molar-refractivity contribution < 1.29 is 37.3 Å². The van der Waals surface area contributed by atoms with E-state index >= 15 is 0 Å². The van der Waals surface area contributed by atoms with Gasteiger partial charge in [-0.25, -0.2) is 0 Å². The average Bonchev–Trinajstić information content (AvgIpc) is 3.69. The molecule has 0 spiro atoms. The van der Waals surface area contributed by atoms with Gasteiger partial charge in [0.1, 0.15) is 19.3 Å². The third-order valence-corrected chi connectivity index (χ3v) is 18.2. The van der Waals surface area contributed by atoms with Crippen LogP contribution in [0.3, 0.4) is 0 Å². The number of hydrogen-bond donors (Lipinski definition) is 1. The average molecular weight is 1240 g/mol. The largest absolute Gasteiger partial charge is 0.756 e. The molecule has 10 heteroatoms. The number of nitrogens with zero attached hydrogens (tertiary/aromatic N) is 1. The molecule has 3 unspecified atom stereocenters. The molecule has 0 aliphatic heterocycles. The number of likely N-dealkylation sites (N-methyl/N-ethyl adjacent to an activating group) is 1. The van der Waals surface area contributed by atoms with E-state index in [2.05, 4.69) is 62.5 Å². The van der Waals surface area contributed by atoms with Crippen molar-refractivity contribution in [3.8, 4) is 0 Å². The minimum absolute atomic E-state index is 0.0202. The fourth-order valence-corrected chi connectivity index (χ4v) is 12.1. The maximum Gasteiger partial charge on any atom is 0.306 e. The number of esters is 1. The van der Waals surface area contributed by atoms with Crippen molar-refractivity contribution in [2.24, 2.45) is 0 Å². The van der Waals surface area contributed by atoms with Gasteiger partial charge in [-0.2, -0.15) is 0 Å². The van der Waals surface area contributed by atoms with Crippen molar-refractivity contribution >= 4 is 19.7 Å². The van der Waals surface area contributed by atoms with E-state index in [0.717, 1.165) is 64.2 Å². The molecule has 87 heavy (non-hydrogen) atoms. The second-order valence-corrected chi connectivity index (χ2v) is 28.6. The Balaban J connectivity index is 4.99. The number of nitrogens with one attached hydrogen (secondary N) is 1. The van der Waals surface area contributed by atoms with Crippen LogP contribution in [0.5, 0.6) is 0 Å². The molecule has 0 heterocycles. The van der Waals surface area contributed by atoms with Gasteiger partial charge in [-0.3, -0.25) is 14.2 Å². The van der Waals surface area contributed by atoms with Gasteiger partial charge in [-0.05, 0) is 89.5 Å². The molecular formula is C77H147N2O7P. The van der Waals surface area contributed by atoms with Crippen molar-refractivity contribution in [2.45, 2.75) is 392 Å². The summed E-state index contributed by atoms with van der Waals surface area (Å²) < 4.78 is 30.5. The number of allylic oxidation sites excluding steroid dienone is 7. The van der Waals surface area contributed by atoms with Crippen molar-refractivity contribution in [2.75, 3.05) is 40.9 Å². The van der Waals surface area contributed by atoms with Gasteiger partial charge in [0.05, 0.1) is 33.8 Å². The Morgan fingerprint density at radius 3 is 1.07 bits per heavy atom. The second-order valence-electron chi connectivity index (χ2n) is 27.1. The van der Waals surface area contributed by atoms with E-state index in [-0.39, 0.29) is 31.5 Å². The Morgan fingerprint density at radius 1 is 0.402 bits per heavy atom. The third-order valence-electron chi connectivity index (χ3n) is 17.2. The van der Waals surface area contributed by atoms with Crippen LogP contribution in [0.25, 0.3) is 0 Å². The second kappa shape index (κ2) is 66.9. The molecule has 0 fully saturated rings. The van der Waals surface area contributed by atoms with Crippen LogP contribution in [0, 0.1) is 0 Å². The Morgan fingerprint density at radius 2 is 0.701 bits per heavy atom. The molecule has 0 aliphatic rings. The zero-order valence-electron chi connectivity index (χ0n) is 58.7. The molecule has 1 amide bonds. The maximum atomic E-state index is 13.6. The van der Waals surface area contributed by atoms with Gasteiger partial charge in [0.2, 0.25) is 5.91 Å². The highest BCUT2D eigenvalue weighted by atomic mass is 31.2. The van der Waals surface area contributed by atoms with E-state index in [0.29, 0.717) is 17.4 Å². The third kappa shape index (κ3) is 68.2. The van der Waals surface area contributed by atoms with Gasteiger partial charge < -0.3 is 28.5 Å². The highest BCUT2D eigenvalue weighted by Gasteiger charge is 2.27. The van der Waals surface area contributed by atoms with Crippen molar-refractivity contribution in [3.63, 3.8) is 0 Å². The number of quaternary nitrogens is 1. The lowest BCUT2D eigenvalue weighted by Crippen LogP contribution is -2.47.